The van der Waals surface area contributed by atoms with Crippen LogP contribution in [0, 0.1) is 11.7 Å². The molecule has 1 aromatic rings. The van der Waals surface area contributed by atoms with Crippen molar-refractivity contribution in [3.63, 3.8) is 0 Å². The maximum Gasteiger partial charge on any atom is 0.242 e. The Balaban J connectivity index is 1.87. The molecule has 1 atom stereocenters. The fraction of sp³-hybridized carbons (Fsp3) is 0.562. The highest BCUT2D eigenvalue weighted by Gasteiger charge is 2.31. The number of nitrogens with two attached hydrogens (primary N) is 1. The summed E-state index contributed by atoms with van der Waals surface area (Å²) in [7, 11) is 0. The highest BCUT2D eigenvalue weighted by molar-refractivity contribution is 5.85. The Morgan fingerprint density at radius 2 is 2.10 bits per heavy atom. The number of piperidine rings is 1. The van der Waals surface area contributed by atoms with Crippen LogP contribution in [0.1, 0.15) is 26.7 Å². The first kappa shape index (κ1) is 15.8. The van der Waals surface area contributed by atoms with Gasteiger partial charge in [-0.1, -0.05) is 0 Å². The van der Waals surface area contributed by atoms with Crippen LogP contribution in [0.15, 0.2) is 24.3 Å². The first-order chi connectivity index (χ1) is 9.86. The van der Waals surface area contributed by atoms with Crippen molar-refractivity contribution >= 4 is 5.91 Å². The Hall–Kier alpha value is -1.62. The molecule has 1 fully saturated rings. The molecule has 4 nitrogen and oxygen atoms in total. The Morgan fingerprint density at radius 1 is 1.43 bits per heavy atom. The van der Waals surface area contributed by atoms with Crippen LogP contribution in [0.25, 0.3) is 0 Å². The Morgan fingerprint density at radius 3 is 2.71 bits per heavy atom. The third kappa shape index (κ3) is 4.43. The standard InChI is InChI=1S/C16H23FN2O2/c1-16(2,18)15(20)19-9-3-4-12(10-19)11-21-14-7-5-13(17)6-8-14/h5-8,12H,3-4,9-11,18H2,1-2H3/t12-/m1/s1. The smallest absolute Gasteiger partial charge is 0.242 e. The number of carbonyl (C=O) groups excluding carboxylic acids is 1. The Labute approximate surface area is 125 Å². The van der Waals surface area contributed by atoms with Crippen molar-refractivity contribution in [2.45, 2.75) is 32.2 Å². The minimum atomic E-state index is -0.834. The number of hydrogen-bond acceptors (Lipinski definition) is 3. The highest BCUT2D eigenvalue weighted by Crippen LogP contribution is 2.20. The summed E-state index contributed by atoms with van der Waals surface area (Å²) in [6, 6.07) is 5.99. The molecule has 1 aliphatic heterocycles. The van der Waals surface area contributed by atoms with E-state index in [2.05, 4.69) is 0 Å². The van der Waals surface area contributed by atoms with Crippen LogP contribution in [0.2, 0.25) is 0 Å². The van der Waals surface area contributed by atoms with Crippen molar-refractivity contribution < 1.29 is 13.9 Å². The predicted octanol–water partition coefficient (Wildman–Crippen LogP) is 2.18. The van der Waals surface area contributed by atoms with Crippen LogP contribution in [-0.4, -0.2) is 36.0 Å². The zero-order valence-corrected chi connectivity index (χ0v) is 12.6. The van der Waals surface area contributed by atoms with Gasteiger partial charge in [-0.15, -0.1) is 0 Å². The van der Waals surface area contributed by atoms with E-state index in [1.165, 1.54) is 12.1 Å². The van der Waals surface area contributed by atoms with E-state index < -0.39 is 5.54 Å². The summed E-state index contributed by atoms with van der Waals surface area (Å²) in [5, 5.41) is 0. The monoisotopic (exact) mass is 294 g/mol. The quantitative estimate of drug-likeness (QED) is 0.926. The van der Waals surface area contributed by atoms with E-state index in [0.717, 1.165) is 19.4 Å². The normalized spacial score (nSPS) is 19.4. The van der Waals surface area contributed by atoms with Crippen molar-refractivity contribution in [2.75, 3.05) is 19.7 Å². The molecule has 21 heavy (non-hydrogen) atoms. The second-order valence-electron chi connectivity index (χ2n) is 6.25. The Kier molecular flexibility index (Phi) is 4.83. The molecule has 1 heterocycles. The van der Waals surface area contributed by atoms with Crippen LogP contribution in [-0.2, 0) is 4.79 Å². The van der Waals surface area contributed by atoms with Crippen molar-refractivity contribution in [1.29, 1.82) is 0 Å². The van der Waals surface area contributed by atoms with E-state index in [0.29, 0.717) is 18.9 Å². The number of hydrogen-bond donors (Lipinski definition) is 1. The van der Waals surface area contributed by atoms with Gasteiger partial charge in [-0.3, -0.25) is 4.79 Å². The van der Waals surface area contributed by atoms with Gasteiger partial charge in [-0.2, -0.15) is 0 Å². The van der Waals surface area contributed by atoms with E-state index in [4.69, 9.17) is 10.5 Å². The number of ether oxygens (including phenoxy) is 1. The van der Waals surface area contributed by atoms with E-state index in [1.807, 2.05) is 4.90 Å². The first-order valence-corrected chi connectivity index (χ1v) is 7.33. The van der Waals surface area contributed by atoms with Crippen LogP contribution in [0.5, 0.6) is 5.75 Å². The molecular formula is C16H23FN2O2. The van der Waals surface area contributed by atoms with Gasteiger partial charge >= 0.3 is 0 Å². The van der Waals surface area contributed by atoms with Crippen LogP contribution < -0.4 is 10.5 Å². The van der Waals surface area contributed by atoms with Crippen molar-refractivity contribution in [2.24, 2.45) is 11.7 Å². The second kappa shape index (κ2) is 6.43. The SMILES string of the molecule is CC(C)(N)C(=O)N1CCC[C@@H](COc2ccc(F)cc2)C1. The molecule has 0 aromatic heterocycles. The average molecular weight is 294 g/mol. The van der Waals surface area contributed by atoms with E-state index in [1.54, 1.807) is 26.0 Å². The maximum absolute atomic E-state index is 12.8. The van der Waals surface area contributed by atoms with Crippen molar-refractivity contribution in [1.82, 2.24) is 4.90 Å². The number of halogens is 1. The van der Waals surface area contributed by atoms with E-state index in [9.17, 15) is 9.18 Å². The summed E-state index contributed by atoms with van der Waals surface area (Å²) < 4.78 is 18.5. The molecule has 5 heteroatoms. The lowest BCUT2D eigenvalue weighted by molar-refractivity contribution is -0.137. The number of nitrogens with zero attached hydrogens (tertiary/aromatic N) is 1. The van der Waals surface area contributed by atoms with Gasteiger partial charge in [0.2, 0.25) is 5.91 Å². The lowest BCUT2D eigenvalue weighted by Crippen LogP contribution is -2.54. The predicted molar refractivity (Wildman–Crippen MR) is 79.5 cm³/mol. The van der Waals surface area contributed by atoms with Gasteiger partial charge in [0.15, 0.2) is 0 Å². The van der Waals surface area contributed by atoms with E-state index in [-0.39, 0.29) is 17.6 Å². The molecule has 0 spiro atoms. The highest BCUT2D eigenvalue weighted by atomic mass is 19.1. The Bertz CT molecular complexity index is 482. The molecule has 0 saturated carbocycles. The largest absolute Gasteiger partial charge is 0.493 e. The van der Waals surface area contributed by atoms with Gasteiger partial charge in [-0.05, 0) is 51.0 Å². The molecule has 0 radical (unpaired) electrons. The molecule has 1 aromatic carbocycles. The molecule has 2 N–H and O–H groups in total. The van der Waals surface area contributed by atoms with Crippen LogP contribution in [0.4, 0.5) is 4.39 Å². The molecule has 1 amide bonds. The second-order valence-corrected chi connectivity index (χ2v) is 6.25. The average Bonchev–Trinajstić information content (AvgIpc) is 2.45. The summed E-state index contributed by atoms with van der Waals surface area (Å²) >= 11 is 0. The van der Waals surface area contributed by atoms with Gasteiger partial charge in [-0.25, -0.2) is 4.39 Å². The van der Waals surface area contributed by atoms with Gasteiger partial charge in [0.05, 0.1) is 12.1 Å². The summed E-state index contributed by atoms with van der Waals surface area (Å²) in [6.45, 7) is 5.41. The van der Waals surface area contributed by atoms with Gasteiger partial charge in [0, 0.05) is 19.0 Å². The maximum atomic E-state index is 12.8. The summed E-state index contributed by atoms with van der Waals surface area (Å²) in [6.07, 6.45) is 1.98. The molecule has 0 unspecified atom stereocenters. The van der Waals surface area contributed by atoms with Gasteiger partial charge < -0.3 is 15.4 Å². The van der Waals surface area contributed by atoms with Gasteiger partial charge in [0.1, 0.15) is 11.6 Å². The lowest BCUT2D eigenvalue weighted by atomic mass is 9.96. The molecule has 1 saturated heterocycles. The number of likely N-dealkylation sites (tertiary alicyclic amines) is 1. The minimum absolute atomic E-state index is 0.0195. The number of amides is 1. The molecular weight excluding hydrogens is 271 g/mol. The molecule has 116 valence electrons. The van der Waals surface area contributed by atoms with E-state index >= 15 is 0 Å². The third-order valence-electron chi connectivity index (χ3n) is 3.66. The fourth-order valence-electron chi connectivity index (χ4n) is 2.54. The van der Waals surface area contributed by atoms with Crippen LogP contribution >= 0.6 is 0 Å². The summed E-state index contributed by atoms with van der Waals surface area (Å²) in [5.74, 6) is 0.644. The molecule has 2 rings (SSSR count). The molecule has 1 aliphatic rings. The lowest BCUT2D eigenvalue weighted by Gasteiger charge is -2.36. The van der Waals surface area contributed by atoms with Crippen LogP contribution in [0.3, 0.4) is 0 Å². The fourth-order valence-corrected chi connectivity index (χ4v) is 2.54. The van der Waals surface area contributed by atoms with Crippen molar-refractivity contribution in [3.8, 4) is 5.75 Å². The van der Waals surface area contributed by atoms with Gasteiger partial charge in [0.25, 0.3) is 0 Å². The number of rotatable bonds is 4. The summed E-state index contributed by atoms with van der Waals surface area (Å²) in [5.41, 5.74) is 5.04. The molecule has 0 bridgehead atoms. The first-order valence-electron chi connectivity index (χ1n) is 7.33. The number of benzene rings is 1. The topological polar surface area (TPSA) is 55.6 Å². The minimum Gasteiger partial charge on any atom is -0.493 e. The number of carbonyl (C=O) groups is 1. The molecule has 0 aliphatic carbocycles. The third-order valence-corrected chi connectivity index (χ3v) is 3.66. The summed E-state index contributed by atoms with van der Waals surface area (Å²) in [4.78, 5) is 14.0. The zero-order chi connectivity index (χ0) is 15.5. The van der Waals surface area contributed by atoms with Crippen molar-refractivity contribution in [3.05, 3.63) is 30.1 Å². The zero-order valence-electron chi connectivity index (χ0n) is 12.6.